The molecule has 11 heavy (non-hydrogen) atoms. The second kappa shape index (κ2) is 2.04. The van der Waals surface area contributed by atoms with Gasteiger partial charge >= 0.3 is 0 Å². The van der Waals surface area contributed by atoms with E-state index < -0.39 is 0 Å². The zero-order chi connectivity index (χ0) is 7.90. The fraction of sp³-hybridized carbons (Fsp3) is 0.714. The number of aryl methyl sites for hydroxylation is 1. The van der Waals surface area contributed by atoms with E-state index in [-0.39, 0.29) is 5.54 Å². The van der Waals surface area contributed by atoms with Crippen molar-refractivity contribution in [2.45, 2.75) is 19.4 Å². The highest BCUT2D eigenvalue weighted by Crippen LogP contribution is 2.23. The maximum absolute atomic E-state index is 5.11. The highest BCUT2D eigenvalue weighted by molar-refractivity contribution is 4.95. The molecule has 0 saturated carbocycles. The van der Waals surface area contributed by atoms with Gasteiger partial charge in [0.1, 0.15) is 5.54 Å². The van der Waals surface area contributed by atoms with Crippen molar-refractivity contribution in [1.82, 2.24) is 15.0 Å². The van der Waals surface area contributed by atoms with Gasteiger partial charge in [-0.25, -0.2) is 4.68 Å². The minimum Gasteiger partial charge on any atom is -0.376 e. The molecule has 0 unspecified atom stereocenters. The summed E-state index contributed by atoms with van der Waals surface area (Å²) in [6.07, 6.45) is 1.95. The van der Waals surface area contributed by atoms with Crippen LogP contribution in [-0.2, 0) is 10.3 Å². The van der Waals surface area contributed by atoms with Crippen LogP contribution in [0.2, 0.25) is 0 Å². The van der Waals surface area contributed by atoms with E-state index in [1.54, 1.807) is 0 Å². The lowest BCUT2D eigenvalue weighted by atomic mass is 10.0. The Morgan fingerprint density at radius 1 is 1.64 bits per heavy atom. The number of rotatable bonds is 1. The summed E-state index contributed by atoms with van der Waals surface area (Å²) in [6.45, 7) is 5.54. The van der Waals surface area contributed by atoms with Crippen LogP contribution < -0.4 is 0 Å². The van der Waals surface area contributed by atoms with Gasteiger partial charge < -0.3 is 4.74 Å². The lowest BCUT2D eigenvalue weighted by molar-refractivity contribution is -0.0965. The molecule has 0 atom stereocenters. The first-order valence-electron chi connectivity index (χ1n) is 3.68. The third-order valence-corrected chi connectivity index (χ3v) is 1.99. The molecule has 4 heteroatoms. The van der Waals surface area contributed by atoms with Gasteiger partial charge in [-0.05, 0) is 13.8 Å². The maximum atomic E-state index is 5.11. The molecule has 2 rings (SSSR count). The molecule has 0 bridgehead atoms. The fourth-order valence-electron chi connectivity index (χ4n) is 1.14. The maximum Gasteiger partial charge on any atom is 0.108 e. The van der Waals surface area contributed by atoms with Crippen LogP contribution in [0, 0.1) is 6.92 Å². The molecule has 1 aromatic rings. The molecule has 0 aromatic carbocycles. The number of aromatic nitrogens is 3. The summed E-state index contributed by atoms with van der Waals surface area (Å²) in [5.41, 5.74) is 1.01. The smallest absolute Gasteiger partial charge is 0.108 e. The average Bonchev–Trinajstić information content (AvgIpc) is 2.31. The van der Waals surface area contributed by atoms with E-state index in [1.165, 1.54) is 0 Å². The quantitative estimate of drug-likeness (QED) is 0.583. The van der Waals surface area contributed by atoms with Crippen molar-refractivity contribution in [3.63, 3.8) is 0 Å². The first-order valence-corrected chi connectivity index (χ1v) is 3.68. The van der Waals surface area contributed by atoms with Crippen LogP contribution in [-0.4, -0.2) is 28.2 Å². The van der Waals surface area contributed by atoms with E-state index in [0.717, 1.165) is 18.9 Å². The number of hydrogen-bond acceptors (Lipinski definition) is 3. The summed E-state index contributed by atoms with van der Waals surface area (Å²) in [7, 11) is 0. The Bertz CT molecular complexity index is 264. The van der Waals surface area contributed by atoms with E-state index in [9.17, 15) is 0 Å². The van der Waals surface area contributed by atoms with E-state index in [1.807, 2.05) is 17.8 Å². The van der Waals surface area contributed by atoms with Crippen molar-refractivity contribution >= 4 is 0 Å². The molecule has 0 radical (unpaired) electrons. The first-order chi connectivity index (χ1) is 5.21. The molecule has 2 heterocycles. The predicted octanol–water partition coefficient (Wildman–Crippen LogP) is 0.332. The van der Waals surface area contributed by atoms with Crippen LogP contribution in [0.25, 0.3) is 0 Å². The molecule has 0 N–H and O–H groups in total. The molecule has 1 aromatic heterocycles. The normalized spacial score (nSPS) is 21.3. The number of nitrogens with zero attached hydrogens (tertiary/aromatic N) is 3. The van der Waals surface area contributed by atoms with Crippen molar-refractivity contribution in [2.24, 2.45) is 0 Å². The molecule has 0 spiro atoms. The van der Waals surface area contributed by atoms with E-state index >= 15 is 0 Å². The van der Waals surface area contributed by atoms with Gasteiger partial charge in [0, 0.05) is 6.20 Å². The lowest BCUT2D eigenvalue weighted by Gasteiger charge is -2.37. The van der Waals surface area contributed by atoms with E-state index in [4.69, 9.17) is 4.74 Å². The van der Waals surface area contributed by atoms with Gasteiger partial charge in [0.2, 0.25) is 0 Å². The van der Waals surface area contributed by atoms with Crippen LogP contribution in [0.5, 0.6) is 0 Å². The van der Waals surface area contributed by atoms with Gasteiger partial charge in [0.25, 0.3) is 0 Å². The van der Waals surface area contributed by atoms with Gasteiger partial charge in [0.05, 0.1) is 18.9 Å². The van der Waals surface area contributed by atoms with E-state index in [2.05, 4.69) is 17.2 Å². The predicted molar refractivity (Wildman–Crippen MR) is 39.2 cm³/mol. The molecule has 0 amide bonds. The lowest BCUT2D eigenvalue weighted by Crippen LogP contribution is -2.49. The Morgan fingerprint density at radius 2 is 2.36 bits per heavy atom. The molecular weight excluding hydrogens is 142 g/mol. The zero-order valence-electron chi connectivity index (χ0n) is 6.74. The van der Waals surface area contributed by atoms with Gasteiger partial charge in [0.15, 0.2) is 0 Å². The largest absolute Gasteiger partial charge is 0.376 e. The first kappa shape index (κ1) is 6.79. The molecule has 0 aliphatic carbocycles. The fourth-order valence-corrected chi connectivity index (χ4v) is 1.14. The molecule has 60 valence electrons. The molecular formula is C7H11N3O. The van der Waals surface area contributed by atoms with Crippen molar-refractivity contribution in [3.05, 3.63) is 11.9 Å². The molecule has 1 saturated heterocycles. The number of ether oxygens (including phenoxy) is 1. The molecule has 1 aliphatic heterocycles. The van der Waals surface area contributed by atoms with Gasteiger partial charge in [-0.3, -0.25) is 0 Å². The third-order valence-electron chi connectivity index (χ3n) is 1.99. The zero-order valence-corrected chi connectivity index (χ0v) is 6.74. The SMILES string of the molecule is Cc1cn(C2(C)COC2)nn1. The van der Waals surface area contributed by atoms with Gasteiger partial charge in [-0.1, -0.05) is 5.21 Å². The minimum atomic E-state index is 0.0568. The summed E-state index contributed by atoms with van der Waals surface area (Å²) in [5.74, 6) is 0. The van der Waals surface area contributed by atoms with Crippen LogP contribution in [0.4, 0.5) is 0 Å². The Kier molecular flexibility index (Phi) is 1.26. The van der Waals surface area contributed by atoms with Crippen LogP contribution in [0.1, 0.15) is 12.6 Å². The topological polar surface area (TPSA) is 39.9 Å². The van der Waals surface area contributed by atoms with Crippen molar-refractivity contribution in [3.8, 4) is 0 Å². The van der Waals surface area contributed by atoms with E-state index in [0.29, 0.717) is 0 Å². The Labute approximate surface area is 65.2 Å². The Balaban J connectivity index is 2.28. The highest BCUT2D eigenvalue weighted by atomic mass is 16.5. The second-order valence-corrected chi connectivity index (χ2v) is 3.29. The summed E-state index contributed by atoms with van der Waals surface area (Å²) in [6, 6.07) is 0. The summed E-state index contributed by atoms with van der Waals surface area (Å²) in [5, 5.41) is 7.92. The Hall–Kier alpha value is -0.900. The summed E-state index contributed by atoms with van der Waals surface area (Å²) < 4.78 is 6.99. The Morgan fingerprint density at radius 3 is 2.73 bits per heavy atom. The molecule has 1 aliphatic rings. The highest BCUT2D eigenvalue weighted by Gasteiger charge is 2.36. The minimum absolute atomic E-state index is 0.0568. The van der Waals surface area contributed by atoms with Crippen LogP contribution in [0.15, 0.2) is 6.20 Å². The second-order valence-electron chi connectivity index (χ2n) is 3.29. The average molecular weight is 153 g/mol. The van der Waals surface area contributed by atoms with Crippen molar-refractivity contribution in [1.29, 1.82) is 0 Å². The van der Waals surface area contributed by atoms with Gasteiger partial charge in [-0.15, -0.1) is 5.10 Å². The van der Waals surface area contributed by atoms with Gasteiger partial charge in [-0.2, -0.15) is 0 Å². The number of hydrogen-bond donors (Lipinski definition) is 0. The standard InChI is InChI=1S/C7H11N3O/c1-6-3-10(9-8-6)7(2)4-11-5-7/h3H,4-5H2,1-2H3. The third kappa shape index (κ3) is 0.939. The summed E-state index contributed by atoms with van der Waals surface area (Å²) in [4.78, 5) is 0. The molecule has 1 fully saturated rings. The summed E-state index contributed by atoms with van der Waals surface area (Å²) >= 11 is 0. The van der Waals surface area contributed by atoms with Crippen LogP contribution in [0.3, 0.4) is 0 Å². The monoisotopic (exact) mass is 153 g/mol. The van der Waals surface area contributed by atoms with Crippen LogP contribution >= 0.6 is 0 Å². The van der Waals surface area contributed by atoms with Crippen molar-refractivity contribution in [2.75, 3.05) is 13.2 Å². The van der Waals surface area contributed by atoms with Crippen molar-refractivity contribution < 1.29 is 4.74 Å². The molecule has 4 nitrogen and oxygen atoms in total.